The zero-order chi connectivity index (χ0) is 35.1. The molecule has 0 radical (unpaired) electrons. The van der Waals surface area contributed by atoms with E-state index in [0.717, 1.165) is 83.3 Å². The molecule has 0 aliphatic rings. The van der Waals surface area contributed by atoms with Crippen LogP contribution in [-0.2, 0) is 26.5 Å². The van der Waals surface area contributed by atoms with Crippen LogP contribution >= 0.6 is 0 Å². The Morgan fingerprint density at radius 3 is 2.23 bits per heavy atom. The van der Waals surface area contributed by atoms with Gasteiger partial charge in [-0.2, -0.15) is 0 Å². The maximum Gasteiger partial charge on any atom is 2.00 e. The number of imidazole rings is 1. The van der Waals surface area contributed by atoms with Crippen molar-refractivity contribution in [3.8, 4) is 34.0 Å². The summed E-state index contributed by atoms with van der Waals surface area (Å²) in [5.74, 6) is 1.73. The predicted molar refractivity (Wildman–Crippen MR) is 215 cm³/mol. The second kappa shape index (κ2) is 12.4. The van der Waals surface area contributed by atoms with Gasteiger partial charge in [-0.3, -0.25) is 4.57 Å². The molecule has 0 amide bonds. The second-order valence-corrected chi connectivity index (χ2v) is 14.7. The molecule has 10 rings (SSSR count). The number of nitrogens with zero attached hydrogens (tertiary/aromatic N) is 5. The van der Waals surface area contributed by atoms with Gasteiger partial charge in [-0.05, 0) is 75.5 Å². The molecule has 258 valence electrons. The Hall–Kier alpha value is -5.77. The standard InChI is InChI=1S/C47H35N5.Pt/c1-29-13-5-8-19-39(29)52-40-20-12-15-32(45(40)50-46(52)37-17-11-16-36-33-14-6-7-18-38(33)49-44(36)37)30-22-24-34-35-25-23-31(47(2,3)4)28-42(35)51(41(34)27-30)43-21-9-10-26-48-43;/h5-26,28H,1-4H3;/q-2;+2. The van der Waals surface area contributed by atoms with Crippen LogP contribution in [0.4, 0.5) is 0 Å². The number of pyridine rings is 1. The van der Waals surface area contributed by atoms with Gasteiger partial charge in [0.25, 0.3) is 0 Å². The first-order chi connectivity index (χ1) is 25.3. The van der Waals surface area contributed by atoms with Crippen LogP contribution < -0.4 is 4.98 Å². The van der Waals surface area contributed by atoms with E-state index < -0.39 is 0 Å². The Morgan fingerprint density at radius 1 is 0.642 bits per heavy atom. The largest absolute Gasteiger partial charge is 2.00 e. The Balaban J connectivity index is 0.00000372. The van der Waals surface area contributed by atoms with Gasteiger partial charge in [0.1, 0.15) is 11.6 Å². The van der Waals surface area contributed by atoms with E-state index in [1.165, 1.54) is 16.5 Å². The van der Waals surface area contributed by atoms with Gasteiger partial charge in [0, 0.05) is 17.3 Å². The van der Waals surface area contributed by atoms with Crippen molar-refractivity contribution in [3.63, 3.8) is 0 Å². The van der Waals surface area contributed by atoms with Crippen LogP contribution in [0.15, 0.2) is 140 Å². The van der Waals surface area contributed by atoms with Crippen LogP contribution in [0.3, 0.4) is 0 Å². The fraction of sp³-hybridized carbons (Fsp3) is 0.106. The minimum Gasteiger partial charge on any atom is -0.656 e. The number of aromatic nitrogens is 5. The van der Waals surface area contributed by atoms with Crippen LogP contribution in [0, 0.1) is 13.0 Å². The van der Waals surface area contributed by atoms with Crippen molar-refractivity contribution in [1.82, 2.24) is 24.1 Å². The molecule has 0 saturated carbocycles. The van der Waals surface area contributed by atoms with Crippen LogP contribution in [0.2, 0.25) is 0 Å². The van der Waals surface area contributed by atoms with Crippen LogP contribution in [0.25, 0.3) is 88.7 Å². The van der Waals surface area contributed by atoms with Gasteiger partial charge in [0.2, 0.25) is 0 Å². The Kier molecular flexibility index (Phi) is 7.76. The number of para-hydroxylation sites is 4. The summed E-state index contributed by atoms with van der Waals surface area (Å²) in [6.45, 7) is 8.93. The molecule has 5 nitrogen and oxygen atoms in total. The molecule has 6 heteroatoms. The Bertz CT molecular complexity index is 3010. The fourth-order valence-electron chi connectivity index (χ4n) is 7.82. The fourth-order valence-corrected chi connectivity index (χ4v) is 7.82. The molecule has 0 aliphatic heterocycles. The maximum absolute atomic E-state index is 5.52. The van der Waals surface area contributed by atoms with Crippen LogP contribution in [0.1, 0.15) is 31.9 Å². The number of benzene rings is 6. The summed E-state index contributed by atoms with van der Waals surface area (Å²) in [7, 11) is 0. The van der Waals surface area contributed by atoms with Crippen molar-refractivity contribution < 1.29 is 21.1 Å². The Morgan fingerprint density at radius 2 is 1.40 bits per heavy atom. The minimum absolute atomic E-state index is 0. The van der Waals surface area contributed by atoms with Crippen molar-refractivity contribution in [2.24, 2.45) is 0 Å². The average molecular weight is 865 g/mol. The van der Waals surface area contributed by atoms with E-state index in [4.69, 9.17) is 15.0 Å². The van der Waals surface area contributed by atoms with Crippen molar-refractivity contribution in [2.75, 3.05) is 0 Å². The van der Waals surface area contributed by atoms with Crippen molar-refractivity contribution in [1.29, 1.82) is 0 Å². The first kappa shape index (κ1) is 33.1. The van der Waals surface area contributed by atoms with Gasteiger partial charge in [-0.25, -0.2) is 9.97 Å². The molecule has 4 heterocycles. The third kappa shape index (κ3) is 5.17. The third-order valence-electron chi connectivity index (χ3n) is 10.5. The summed E-state index contributed by atoms with van der Waals surface area (Å²) in [4.78, 5) is 15.5. The molecular weight excluding hydrogens is 830 g/mol. The van der Waals surface area contributed by atoms with E-state index in [1.807, 2.05) is 24.4 Å². The zero-order valence-electron chi connectivity index (χ0n) is 29.8. The van der Waals surface area contributed by atoms with E-state index in [9.17, 15) is 0 Å². The summed E-state index contributed by atoms with van der Waals surface area (Å²) in [6.07, 6.45) is 1.86. The number of aryl methyl sites for hydroxylation is 1. The third-order valence-corrected chi connectivity index (χ3v) is 10.5. The molecule has 0 unspecified atom stereocenters. The molecule has 6 aromatic carbocycles. The van der Waals surface area contributed by atoms with Gasteiger partial charge in [-0.1, -0.05) is 123 Å². The molecule has 0 spiro atoms. The number of hydrogen-bond acceptors (Lipinski definition) is 2. The first-order valence-corrected chi connectivity index (χ1v) is 17.8. The smallest absolute Gasteiger partial charge is 0.656 e. The molecule has 0 saturated heterocycles. The summed E-state index contributed by atoms with van der Waals surface area (Å²) in [5.41, 5.74) is 12.6. The summed E-state index contributed by atoms with van der Waals surface area (Å²) in [6, 6.07) is 51.0. The van der Waals surface area contributed by atoms with Gasteiger partial charge < -0.3 is 9.55 Å². The molecular formula is C47H35N5Pt. The Labute approximate surface area is 322 Å². The zero-order valence-corrected chi connectivity index (χ0v) is 32.1. The first-order valence-electron chi connectivity index (χ1n) is 17.8. The minimum atomic E-state index is 0. The summed E-state index contributed by atoms with van der Waals surface area (Å²) < 4.78 is 4.56. The SMILES string of the molecule is Cc1ccccc1-n1c(-c2cccc3c2[n-]c2ccccc23)nc2c(-c3[c-]c4c(cc3)c3ccc(C(C)(C)C)cc3n4-c3ccccn3)cccc21.[Pt+2]. The molecule has 0 fully saturated rings. The van der Waals surface area contributed by atoms with Gasteiger partial charge >= 0.3 is 21.1 Å². The number of rotatable bonds is 4. The summed E-state index contributed by atoms with van der Waals surface area (Å²) >= 11 is 0. The van der Waals surface area contributed by atoms with Crippen molar-refractivity contribution in [2.45, 2.75) is 33.1 Å². The molecule has 10 aromatic rings. The van der Waals surface area contributed by atoms with Crippen LogP contribution in [0.5, 0.6) is 0 Å². The quantitative estimate of drug-likeness (QED) is 0.166. The van der Waals surface area contributed by atoms with Crippen molar-refractivity contribution in [3.05, 3.63) is 157 Å². The molecule has 0 bridgehead atoms. The van der Waals surface area contributed by atoms with E-state index in [0.29, 0.717) is 0 Å². The molecule has 0 N–H and O–H groups in total. The van der Waals surface area contributed by atoms with E-state index in [-0.39, 0.29) is 26.5 Å². The van der Waals surface area contributed by atoms with Crippen molar-refractivity contribution >= 4 is 54.6 Å². The monoisotopic (exact) mass is 864 g/mol. The average Bonchev–Trinajstić information content (AvgIpc) is 3.84. The van der Waals surface area contributed by atoms with E-state index in [1.54, 1.807) is 0 Å². The maximum atomic E-state index is 5.52. The van der Waals surface area contributed by atoms with E-state index >= 15 is 0 Å². The summed E-state index contributed by atoms with van der Waals surface area (Å²) in [5, 5.41) is 4.61. The van der Waals surface area contributed by atoms with E-state index in [2.05, 4.69) is 158 Å². The number of fused-ring (bicyclic) bond motifs is 7. The van der Waals surface area contributed by atoms with Gasteiger partial charge in [-0.15, -0.1) is 34.8 Å². The number of hydrogen-bond donors (Lipinski definition) is 0. The predicted octanol–water partition coefficient (Wildman–Crippen LogP) is 11.5. The van der Waals surface area contributed by atoms with Crippen LogP contribution in [-0.4, -0.2) is 19.1 Å². The normalized spacial score (nSPS) is 12.0. The molecule has 4 aromatic heterocycles. The molecule has 53 heavy (non-hydrogen) atoms. The molecule has 0 atom stereocenters. The second-order valence-electron chi connectivity index (χ2n) is 14.7. The molecule has 0 aliphatic carbocycles. The van der Waals surface area contributed by atoms with Gasteiger partial charge in [0.05, 0.1) is 16.7 Å². The van der Waals surface area contributed by atoms with Gasteiger partial charge in [0.15, 0.2) is 0 Å². The topological polar surface area (TPSA) is 49.7 Å².